The fourth-order valence-electron chi connectivity index (χ4n) is 1.54. The number of H-pyrrole nitrogens is 1. The largest absolute Gasteiger partial charge is 0.329 e. The molecule has 2 aromatic rings. The van der Waals surface area contributed by atoms with Gasteiger partial charge in [-0.2, -0.15) is 0 Å². The molecule has 0 radical (unpaired) electrons. The van der Waals surface area contributed by atoms with E-state index in [1.165, 1.54) is 38.5 Å². The molecule has 2 rings (SSSR count). The summed E-state index contributed by atoms with van der Waals surface area (Å²) < 4.78 is 24.9. The summed E-state index contributed by atoms with van der Waals surface area (Å²) in [6.45, 7) is 0. The third-order valence-electron chi connectivity index (χ3n) is 2.52. The summed E-state index contributed by atoms with van der Waals surface area (Å²) in [4.78, 5) is 14.2. The Morgan fingerprint density at radius 3 is 2.53 bits per heavy atom. The van der Waals surface area contributed by atoms with Crippen LogP contribution in [-0.4, -0.2) is 31.8 Å². The Kier molecular flexibility index (Phi) is 2.76. The van der Waals surface area contributed by atoms with Crippen molar-refractivity contribution >= 4 is 20.8 Å². The first-order valence-corrected chi connectivity index (χ1v) is 6.41. The molecule has 1 aromatic heterocycles. The van der Waals surface area contributed by atoms with Gasteiger partial charge in [0.25, 0.3) is 5.56 Å². The average molecular weight is 252 g/mol. The minimum atomic E-state index is -3.46. The molecule has 0 aliphatic carbocycles. The number of aromatic nitrogens is 1. The molecule has 0 spiro atoms. The lowest BCUT2D eigenvalue weighted by Gasteiger charge is -2.11. The van der Waals surface area contributed by atoms with Crippen molar-refractivity contribution in [2.24, 2.45) is 0 Å². The predicted molar refractivity (Wildman–Crippen MR) is 65.4 cm³/mol. The molecule has 6 heteroatoms. The zero-order valence-corrected chi connectivity index (χ0v) is 10.3. The third kappa shape index (κ3) is 1.96. The Labute approximate surface area is 98.7 Å². The summed E-state index contributed by atoms with van der Waals surface area (Å²) in [5, 5.41) is 1.09. The van der Waals surface area contributed by atoms with Crippen LogP contribution in [0.5, 0.6) is 0 Å². The van der Waals surface area contributed by atoms with Crippen molar-refractivity contribution < 1.29 is 8.42 Å². The van der Waals surface area contributed by atoms with Gasteiger partial charge < -0.3 is 4.98 Å². The van der Waals surface area contributed by atoms with Crippen LogP contribution in [0.2, 0.25) is 0 Å². The van der Waals surface area contributed by atoms with Crippen molar-refractivity contribution in [2.75, 3.05) is 14.1 Å². The number of nitrogens with zero attached hydrogens (tertiary/aromatic N) is 1. The van der Waals surface area contributed by atoms with Gasteiger partial charge >= 0.3 is 0 Å². The van der Waals surface area contributed by atoms with E-state index < -0.39 is 10.0 Å². The number of hydrogen-bond acceptors (Lipinski definition) is 3. The second-order valence-corrected chi connectivity index (χ2v) is 6.00. The first-order valence-electron chi connectivity index (χ1n) is 4.97. The second-order valence-electron chi connectivity index (χ2n) is 3.84. The maximum atomic E-state index is 11.9. The first kappa shape index (κ1) is 11.8. The van der Waals surface area contributed by atoms with Crippen LogP contribution in [0, 0.1) is 0 Å². The summed E-state index contributed by atoms with van der Waals surface area (Å²) in [5.41, 5.74) is -0.226. The molecule has 0 unspecified atom stereocenters. The average Bonchev–Trinajstić information content (AvgIpc) is 2.28. The smallest absolute Gasteiger partial charge is 0.255 e. The fourth-order valence-corrected chi connectivity index (χ4v) is 2.48. The van der Waals surface area contributed by atoms with Crippen LogP contribution in [0.3, 0.4) is 0 Å². The van der Waals surface area contributed by atoms with Gasteiger partial charge in [-0.05, 0) is 29.7 Å². The van der Waals surface area contributed by atoms with E-state index in [0.717, 1.165) is 4.31 Å². The van der Waals surface area contributed by atoms with Crippen LogP contribution in [0.4, 0.5) is 0 Å². The minimum Gasteiger partial charge on any atom is -0.329 e. The number of rotatable bonds is 2. The van der Waals surface area contributed by atoms with Gasteiger partial charge in [0, 0.05) is 25.7 Å². The van der Waals surface area contributed by atoms with E-state index in [2.05, 4.69) is 4.98 Å². The number of benzene rings is 1. The molecule has 0 aliphatic rings. The number of sulfonamides is 1. The first-order chi connectivity index (χ1) is 7.93. The summed E-state index contributed by atoms with van der Waals surface area (Å²) in [7, 11) is -0.521. The Balaban J connectivity index is 2.73. The number of aromatic amines is 1. The van der Waals surface area contributed by atoms with Crippen molar-refractivity contribution in [3.8, 4) is 0 Å². The van der Waals surface area contributed by atoms with Crippen LogP contribution in [0.25, 0.3) is 10.8 Å². The normalized spacial score (nSPS) is 12.2. The van der Waals surface area contributed by atoms with Crippen molar-refractivity contribution in [1.82, 2.24) is 9.29 Å². The van der Waals surface area contributed by atoms with Gasteiger partial charge in [-0.1, -0.05) is 0 Å². The SMILES string of the molecule is CN(C)S(=O)(=O)c1ccc2c(=O)[nH]ccc2c1. The summed E-state index contributed by atoms with van der Waals surface area (Å²) in [5.74, 6) is 0. The molecular weight excluding hydrogens is 240 g/mol. The molecule has 90 valence electrons. The molecule has 17 heavy (non-hydrogen) atoms. The Morgan fingerprint density at radius 1 is 1.18 bits per heavy atom. The summed E-state index contributed by atoms with van der Waals surface area (Å²) in [6.07, 6.45) is 1.50. The highest BCUT2D eigenvalue weighted by atomic mass is 32.2. The maximum absolute atomic E-state index is 11.9. The fraction of sp³-hybridized carbons (Fsp3) is 0.182. The van der Waals surface area contributed by atoms with Gasteiger partial charge in [-0.15, -0.1) is 0 Å². The Bertz CT molecular complexity index is 717. The highest BCUT2D eigenvalue weighted by molar-refractivity contribution is 7.89. The van der Waals surface area contributed by atoms with E-state index >= 15 is 0 Å². The minimum absolute atomic E-state index is 0.181. The number of fused-ring (bicyclic) bond motifs is 1. The highest BCUT2D eigenvalue weighted by Gasteiger charge is 2.17. The number of pyridine rings is 1. The molecule has 0 amide bonds. The molecule has 1 aromatic carbocycles. The molecule has 1 N–H and O–H groups in total. The lowest BCUT2D eigenvalue weighted by atomic mass is 10.2. The molecule has 0 bridgehead atoms. The second kappa shape index (κ2) is 3.97. The van der Waals surface area contributed by atoms with Crippen LogP contribution < -0.4 is 5.56 Å². The number of hydrogen-bond donors (Lipinski definition) is 1. The molecule has 0 saturated carbocycles. The van der Waals surface area contributed by atoms with Crippen LogP contribution in [0.1, 0.15) is 0 Å². The standard InChI is InChI=1S/C11H12N2O3S/c1-13(2)17(15,16)9-3-4-10-8(7-9)5-6-12-11(10)14/h3-7H,1-2H3,(H,12,14). The van der Waals surface area contributed by atoms with Crippen LogP contribution in [0.15, 0.2) is 40.2 Å². The predicted octanol–water partition coefficient (Wildman–Crippen LogP) is 0.778. The topological polar surface area (TPSA) is 70.2 Å². The Hall–Kier alpha value is -1.66. The van der Waals surface area contributed by atoms with Gasteiger partial charge in [0.15, 0.2) is 0 Å². The van der Waals surface area contributed by atoms with Gasteiger partial charge in [0.05, 0.1) is 4.90 Å². The van der Waals surface area contributed by atoms with Crippen molar-refractivity contribution in [1.29, 1.82) is 0 Å². The lowest BCUT2D eigenvalue weighted by molar-refractivity contribution is 0.521. The van der Waals surface area contributed by atoms with E-state index in [0.29, 0.717) is 10.8 Å². The maximum Gasteiger partial charge on any atom is 0.255 e. The molecule has 0 atom stereocenters. The van der Waals surface area contributed by atoms with Gasteiger partial charge in [0.2, 0.25) is 10.0 Å². The van der Waals surface area contributed by atoms with E-state index in [1.807, 2.05) is 0 Å². The van der Waals surface area contributed by atoms with E-state index in [9.17, 15) is 13.2 Å². The zero-order valence-electron chi connectivity index (χ0n) is 9.47. The van der Waals surface area contributed by atoms with Crippen LogP contribution in [-0.2, 0) is 10.0 Å². The van der Waals surface area contributed by atoms with Crippen molar-refractivity contribution in [3.05, 3.63) is 40.8 Å². The van der Waals surface area contributed by atoms with E-state index in [1.54, 1.807) is 6.07 Å². The van der Waals surface area contributed by atoms with E-state index in [-0.39, 0.29) is 10.5 Å². The van der Waals surface area contributed by atoms with Gasteiger partial charge in [0.1, 0.15) is 0 Å². The monoisotopic (exact) mass is 252 g/mol. The van der Waals surface area contributed by atoms with Crippen molar-refractivity contribution in [3.63, 3.8) is 0 Å². The quantitative estimate of drug-likeness (QED) is 0.858. The van der Waals surface area contributed by atoms with Gasteiger partial charge in [-0.25, -0.2) is 12.7 Å². The molecule has 0 fully saturated rings. The van der Waals surface area contributed by atoms with E-state index in [4.69, 9.17) is 0 Å². The molecule has 5 nitrogen and oxygen atoms in total. The highest BCUT2D eigenvalue weighted by Crippen LogP contribution is 2.18. The third-order valence-corrected chi connectivity index (χ3v) is 4.33. The van der Waals surface area contributed by atoms with Gasteiger partial charge in [-0.3, -0.25) is 4.79 Å². The molecule has 1 heterocycles. The summed E-state index contributed by atoms with van der Waals surface area (Å²) in [6, 6.07) is 6.13. The Morgan fingerprint density at radius 2 is 1.88 bits per heavy atom. The zero-order chi connectivity index (χ0) is 12.6. The summed E-state index contributed by atoms with van der Waals surface area (Å²) >= 11 is 0. The lowest BCUT2D eigenvalue weighted by Crippen LogP contribution is -2.22. The molecule has 0 aliphatic heterocycles. The molecule has 0 saturated heterocycles. The number of nitrogens with one attached hydrogen (secondary N) is 1. The van der Waals surface area contributed by atoms with Crippen molar-refractivity contribution in [2.45, 2.75) is 4.90 Å². The van der Waals surface area contributed by atoms with Crippen LogP contribution >= 0.6 is 0 Å². The molecular formula is C11H12N2O3S.